The summed E-state index contributed by atoms with van der Waals surface area (Å²) >= 11 is 0. The predicted octanol–water partition coefficient (Wildman–Crippen LogP) is -2.21. The largest absolute Gasteiger partial charge is 0.480 e. The summed E-state index contributed by atoms with van der Waals surface area (Å²) in [6, 6.07) is 4.35. The molecular formula is C19H22N8O7. The molecule has 2 amide bonds. The molecule has 0 aliphatic carbocycles. The summed E-state index contributed by atoms with van der Waals surface area (Å²) in [6.07, 6.45) is -1.20. The van der Waals surface area contributed by atoms with Crippen LogP contribution in [0.25, 0.3) is 0 Å². The Balaban J connectivity index is 1.60. The number of amides is 2. The third-order valence-electron chi connectivity index (χ3n) is 4.65. The third-order valence-corrected chi connectivity index (χ3v) is 4.65. The van der Waals surface area contributed by atoms with Gasteiger partial charge in [0.25, 0.3) is 11.8 Å². The summed E-state index contributed by atoms with van der Waals surface area (Å²) in [4.78, 5) is 54.7. The molecule has 2 atom stereocenters. The summed E-state index contributed by atoms with van der Waals surface area (Å²) in [6.45, 7) is 0.184. The van der Waals surface area contributed by atoms with Crippen LogP contribution >= 0.6 is 0 Å². The van der Waals surface area contributed by atoms with E-state index in [-0.39, 0.29) is 23.6 Å². The van der Waals surface area contributed by atoms with Crippen molar-refractivity contribution < 1.29 is 34.5 Å². The Morgan fingerprint density at radius 1 is 1.09 bits per heavy atom. The van der Waals surface area contributed by atoms with Crippen LogP contribution in [0.2, 0.25) is 0 Å². The lowest BCUT2D eigenvalue weighted by molar-refractivity contribution is -0.148. The zero-order chi connectivity index (χ0) is 25.0. The number of nitrogens with two attached hydrogens (primary N) is 2. The van der Waals surface area contributed by atoms with Gasteiger partial charge < -0.3 is 36.6 Å². The maximum Gasteiger partial charge on any atom is 0.332 e. The number of anilines is 2. The lowest BCUT2D eigenvalue weighted by Gasteiger charge is -2.31. The van der Waals surface area contributed by atoms with Crippen LogP contribution in [-0.2, 0) is 16.1 Å². The van der Waals surface area contributed by atoms with E-state index in [1.54, 1.807) is 12.1 Å². The number of carbonyl (C=O) groups is 4. The summed E-state index contributed by atoms with van der Waals surface area (Å²) in [7, 11) is 0. The maximum absolute atomic E-state index is 12.3. The highest BCUT2D eigenvalue weighted by atomic mass is 16.4. The van der Waals surface area contributed by atoms with Crippen molar-refractivity contribution in [1.29, 1.82) is 0 Å². The molecule has 0 fully saturated rings. The first-order chi connectivity index (χ1) is 15.9. The summed E-state index contributed by atoms with van der Waals surface area (Å²) in [5, 5.41) is 37.4. The highest BCUT2D eigenvalue weighted by molar-refractivity contribution is 5.99. The first-order valence-corrected chi connectivity index (χ1v) is 9.78. The van der Waals surface area contributed by atoms with Crippen LogP contribution in [0.3, 0.4) is 0 Å². The number of carboxylic acids is 2. The molecule has 1 aliphatic heterocycles. The van der Waals surface area contributed by atoms with Gasteiger partial charge in [0.15, 0.2) is 17.6 Å². The van der Waals surface area contributed by atoms with E-state index in [9.17, 15) is 24.3 Å². The van der Waals surface area contributed by atoms with Crippen molar-refractivity contribution >= 4 is 35.3 Å². The van der Waals surface area contributed by atoms with Gasteiger partial charge in [0.05, 0.1) is 18.4 Å². The van der Waals surface area contributed by atoms with Crippen molar-refractivity contribution in [3.05, 3.63) is 47.4 Å². The molecular weight excluding hydrogens is 452 g/mol. The van der Waals surface area contributed by atoms with Crippen molar-refractivity contribution in [3.63, 3.8) is 0 Å². The molecule has 15 nitrogen and oxygen atoms in total. The average molecular weight is 474 g/mol. The van der Waals surface area contributed by atoms with Gasteiger partial charge >= 0.3 is 11.9 Å². The molecule has 3 rings (SSSR count). The molecule has 180 valence electrons. The van der Waals surface area contributed by atoms with Crippen molar-refractivity contribution in [2.75, 3.05) is 10.6 Å². The smallest absolute Gasteiger partial charge is 0.332 e. The lowest BCUT2D eigenvalue weighted by atomic mass is 10.1. The van der Waals surface area contributed by atoms with Gasteiger partial charge in [-0.2, -0.15) is 0 Å². The zero-order valence-corrected chi connectivity index (χ0v) is 17.5. The highest BCUT2D eigenvalue weighted by Gasteiger charge is 2.32. The number of aliphatic hydroxyl groups excluding tert-OH is 1. The van der Waals surface area contributed by atoms with E-state index in [0.29, 0.717) is 11.4 Å². The van der Waals surface area contributed by atoms with Crippen LogP contribution in [0.1, 0.15) is 33.0 Å². The molecule has 1 aliphatic rings. The molecule has 0 radical (unpaired) electrons. The van der Waals surface area contributed by atoms with Gasteiger partial charge in [-0.1, -0.05) is 0 Å². The molecule has 0 saturated heterocycles. The first-order valence-electron chi connectivity index (χ1n) is 9.78. The topological polar surface area (TPSA) is 255 Å². The van der Waals surface area contributed by atoms with Crippen molar-refractivity contribution in [3.8, 4) is 0 Å². The van der Waals surface area contributed by atoms with E-state index >= 15 is 0 Å². The Morgan fingerprint density at radius 2 is 1.76 bits per heavy atom. The van der Waals surface area contributed by atoms with Gasteiger partial charge in [-0.3, -0.25) is 21.1 Å². The summed E-state index contributed by atoms with van der Waals surface area (Å²) in [5.41, 5.74) is 12.4. The van der Waals surface area contributed by atoms with E-state index in [1.165, 1.54) is 18.3 Å². The van der Waals surface area contributed by atoms with Crippen LogP contribution < -0.4 is 32.7 Å². The van der Waals surface area contributed by atoms with Crippen molar-refractivity contribution in [1.82, 2.24) is 20.6 Å². The number of rotatable bonds is 9. The van der Waals surface area contributed by atoms with Crippen molar-refractivity contribution in [2.45, 2.75) is 31.0 Å². The fourth-order valence-corrected chi connectivity index (χ4v) is 2.95. The van der Waals surface area contributed by atoms with E-state index in [2.05, 4.69) is 31.2 Å². The molecule has 1 aromatic carbocycles. The molecule has 0 bridgehead atoms. The number of carbonyl (C=O) groups excluding carboxylic acids is 2. The van der Waals surface area contributed by atoms with E-state index < -0.39 is 48.2 Å². The molecule has 0 spiro atoms. The zero-order valence-electron chi connectivity index (χ0n) is 17.5. The lowest BCUT2D eigenvalue weighted by Crippen LogP contribution is -2.70. The fraction of sp³-hybridized carbons (Fsp3) is 0.263. The predicted molar refractivity (Wildman–Crippen MR) is 115 cm³/mol. The number of nitrogens with one attached hydrogen (secondary N) is 4. The monoisotopic (exact) mass is 474 g/mol. The van der Waals surface area contributed by atoms with Gasteiger partial charge in [0.1, 0.15) is 6.04 Å². The second kappa shape index (κ2) is 9.65. The minimum absolute atomic E-state index is 0.0267. The molecule has 2 heterocycles. The van der Waals surface area contributed by atoms with Gasteiger partial charge in [-0.25, -0.2) is 19.6 Å². The number of hydrogen-bond donors (Lipinski definition) is 9. The first kappa shape index (κ1) is 24.3. The van der Waals surface area contributed by atoms with Crippen LogP contribution in [0.4, 0.5) is 11.5 Å². The highest BCUT2D eigenvalue weighted by Crippen LogP contribution is 2.17. The Kier molecular flexibility index (Phi) is 6.90. The van der Waals surface area contributed by atoms with Crippen LogP contribution in [0.15, 0.2) is 30.5 Å². The van der Waals surface area contributed by atoms with E-state index in [4.69, 9.17) is 21.7 Å². The average Bonchev–Trinajstić information content (AvgIpc) is 2.76. The standard InChI is InChI=1S/C19H22N8O7/c20-19(21)26-14-13(16(30)27-19)24-10(7-23-14)6-22-9-3-1-8(2-4-9)15(29)25-11(17(31)32)5-12(28)18(33)34/h1-4,7,11-12,22,28H,5-6,20-21H2,(H,23,26)(H,25,29)(H,27,30)(H,31,32)(H,33,34)/t11-,12?/m0/s1. The normalized spacial score (nSPS) is 15.7. The molecule has 0 saturated carbocycles. The SMILES string of the molecule is NC1(N)NC(=O)c2nc(CNc3ccc(C(=O)N[C@@H](CC(O)C(=O)O)C(=O)O)cc3)cnc2N1. The number of nitrogens with zero attached hydrogens (tertiary/aromatic N) is 2. The number of aromatic nitrogens is 2. The molecule has 2 aromatic rings. The van der Waals surface area contributed by atoms with Gasteiger partial charge in [0, 0.05) is 17.7 Å². The third kappa shape index (κ3) is 5.91. The summed E-state index contributed by atoms with van der Waals surface area (Å²) in [5.74, 6) is -5.91. The number of benzene rings is 1. The number of fused-ring (bicyclic) bond motifs is 1. The number of hydrogen-bond acceptors (Lipinski definition) is 11. The van der Waals surface area contributed by atoms with Crippen LogP contribution in [0.5, 0.6) is 0 Å². The summed E-state index contributed by atoms with van der Waals surface area (Å²) < 4.78 is 0. The van der Waals surface area contributed by atoms with Gasteiger partial charge in [-0.05, 0) is 24.3 Å². The molecule has 34 heavy (non-hydrogen) atoms. The minimum Gasteiger partial charge on any atom is -0.480 e. The van der Waals surface area contributed by atoms with Gasteiger partial charge in [-0.15, -0.1) is 0 Å². The van der Waals surface area contributed by atoms with Crippen LogP contribution in [0, 0.1) is 0 Å². The number of aliphatic carboxylic acids is 2. The molecule has 1 aromatic heterocycles. The minimum atomic E-state index is -1.94. The Labute approximate surface area is 191 Å². The van der Waals surface area contributed by atoms with Crippen LogP contribution in [-0.4, -0.2) is 67.1 Å². The molecule has 15 heteroatoms. The Bertz CT molecular complexity index is 1120. The molecule has 1 unspecified atom stereocenters. The quantitative estimate of drug-likeness (QED) is 0.175. The maximum atomic E-state index is 12.3. The van der Waals surface area contributed by atoms with E-state index in [0.717, 1.165) is 0 Å². The molecule has 11 N–H and O–H groups in total. The van der Waals surface area contributed by atoms with E-state index in [1.807, 2.05) is 0 Å². The second-order valence-corrected chi connectivity index (χ2v) is 7.39. The second-order valence-electron chi connectivity index (χ2n) is 7.39. The Morgan fingerprint density at radius 3 is 2.38 bits per heavy atom. The number of carboxylic acid groups (broad SMARTS) is 2. The number of aliphatic hydroxyl groups is 1. The van der Waals surface area contributed by atoms with Gasteiger partial charge in [0.2, 0.25) is 5.91 Å². The fourth-order valence-electron chi connectivity index (χ4n) is 2.95. The Hall–Kier alpha value is -4.34. The van der Waals surface area contributed by atoms with Crippen molar-refractivity contribution in [2.24, 2.45) is 11.5 Å².